The van der Waals surface area contributed by atoms with E-state index in [1.807, 2.05) is 6.08 Å². The van der Waals surface area contributed by atoms with E-state index in [1.54, 1.807) is 6.08 Å². The molecule has 0 aromatic carbocycles. The smallest absolute Gasteiger partial charge is 0.249 e. The number of aliphatic hydroxyl groups excluding tert-OH is 3. The largest absolute Gasteiger partial charge is 0.394 e. The number of hydrogen-bond acceptors (Lipinski definition) is 4. The van der Waals surface area contributed by atoms with Gasteiger partial charge in [-0.1, -0.05) is 192 Å². The van der Waals surface area contributed by atoms with Crippen molar-refractivity contribution in [3.05, 3.63) is 36.5 Å². The molecule has 1 amide bonds. The maximum absolute atomic E-state index is 12.4. The Morgan fingerprint density at radius 3 is 1.28 bits per heavy atom. The summed E-state index contributed by atoms with van der Waals surface area (Å²) in [7, 11) is 0. The van der Waals surface area contributed by atoms with Crippen molar-refractivity contribution in [3.63, 3.8) is 0 Å². The van der Waals surface area contributed by atoms with Crippen LogP contribution in [-0.2, 0) is 4.79 Å². The number of aliphatic hydroxyl groups is 3. The average Bonchev–Trinajstić information content (AvgIpc) is 3.06. The van der Waals surface area contributed by atoms with Gasteiger partial charge in [-0.15, -0.1) is 0 Å². The van der Waals surface area contributed by atoms with E-state index in [-0.39, 0.29) is 6.61 Å². The lowest BCUT2D eigenvalue weighted by Crippen LogP contribution is -2.48. The van der Waals surface area contributed by atoms with E-state index in [9.17, 15) is 20.1 Å². The molecular weight excluding hydrogens is 570 g/mol. The summed E-state index contributed by atoms with van der Waals surface area (Å²) in [4.78, 5) is 12.4. The van der Waals surface area contributed by atoms with E-state index < -0.39 is 24.2 Å². The van der Waals surface area contributed by atoms with Crippen molar-refractivity contribution in [1.82, 2.24) is 5.32 Å². The summed E-state index contributed by atoms with van der Waals surface area (Å²) in [5.41, 5.74) is 0. The first-order valence-electron chi connectivity index (χ1n) is 19.8. The van der Waals surface area contributed by atoms with Crippen LogP contribution in [0.2, 0.25) is 0 Å². The molecule has 0 aliphatic heterocycles. The third kappa shape index (κ3) is 31.2. The van der Waals surface area contributed by atoms with Crippen LogP contribution in [0.5, 0.6) is 0 Å². The number of rotatable bonds is 35. The second-order valence-corrected chi connectivity index (χ2v) is 13.5. The van der Waals surface area contributed by atoms with E-state index >= 15 is 0 Å². The lowest BCUT2D eigenvalue weighted by molar-refractivity contribution is -0.131. The molecule has 0 rings (SSSR count). The summed E-state index contributed by atoms with van der Waals surface area (Å²) >= 11 is 0. The minimum atomic E-state index is -1.10. The molecule has 0 saturated carbocycles. The van der Waals surface area contributed by atoms with Crippen molar-refractivity contribution >= 4 is 5.91 Å². The zero-order valence-corrected chi connectivity index (χ0v) is 30.5. The van der Waals surface area contributed by atoms with E-state index in [1.165, 1.54) is 122 Å². The van der Waals surface area contributed by atoms with Crippen molar-refractivity contribution in [2.45, 2.75) is 212 Å². The molecule has 0 aromatic rings. The fourth-order valence-electron chi connectivity index (χ4n) is 5.81. The standard InChI is InChI=1S/C41H77NO4/c1-3-5-7-9-11-13-15-16-17-18-19-20-21-22-23-24-26-28-30-32-34-36-40(45)41(46)42-38(37-43)39(44)35-33-31-29-27-25-14-12-10-8-6-4-2/h8,10,25,27,33,35,38-40,43-45H,3-7,9,11-24,26,28-32,34,36-37H2,1-2H3,(H,42,46)/b10-8+,27-25+,35-33+. The monoisotopic (exact) mass is 648 g/mol. The molecule has 0 bridgehead atoms. The minimum Gasteiger partial charge on any atom is -0.394 e. The van der Waals surface area contributed by atoms with Crippen LogP contribution < -0.4 is 5.32 Å². The molecule has 270 valence electrons. The van der Waals surface area contributed by atoms with Crippen LogP contribution in [0.25, 0.3) is 0 Å². The molecule has 3 unspecified atom stereocenters. The fraction of sp³-hybridized carbons (Fsp3) is 0.829. The van der Waals surface area contributed by atoms with Crippen LogP contribution in [0.15, 0.2) is 36.5 Å². The highest BCUT2D eigenvalue weighted by molar-refractivity contribution is 5.80. The molecule has 3 atom stereocenters. The van der Waals surface area contributed by atoms with Gasteiger partial charge in [0.25, 0.3) is 0 Å². The van der Waals surface area contributed by atoms with Gasteiger partial charge >= 0.3 is 0 Å². The van der Waals surface area contributed by atoms with E-state index in [0.717, 1.165) is 51.4 Å². The first-order valence-corrected chi connectivity index (χ1v) is 19.8. The van der Waals surface area contributed by atoms with Gasteiger partial charge in [0.2, 0.25) is 5.91 Å². The predicted molar refractivity (Wildman–Crippen MR) is 199 cm³/mol. The summed E-state index contributed by atoms with van der Waals surface area (Å²) in [5.74, 6) is -0.518. The highest BCUT2D eigenvalue weighted by Crippen LogP contribution is 2.15. The number of carbonyl (C=O) groups is 1. The Morgan fingerprint density at radius 1 is 0.522 bits per heavy atom. The average molecular weight is 648 g/mol. The lowest BCUT2D eigenvalue weighted by Gasteiger charge is -2.21. The number of allylic oxidation sites excluding steroid dienone is 5. The molecule has 0 aromatic heterocycles. The number of nitrogens with one attached hydrogen (secondary N) is 1. The maximum atomic E-state index is 12.4. The molecule has 0 aliphatic carbocycles. The normalized spacial score (nSPS) is 14.1. The van der Waals surface area contributed by atoms with Gasteiger partial charge in [-0.3, -0.25) is 4.79 Å². The summed E-state index contributed by atoms with van der Waals surface area (Å²) in [6.45, 7) is 4.08. The van der Waals surface area contributed by atoms with Gasteiger partial charge in [0.15, 0.2) is 0 Å². The first-order chi connectivity index (χ1) is 22.6. The van der Waals surface area contributed by atoms with E-state index in [0.29, 0.717) is 6.42 Å². The molecular formula is C41H77NO4. The molecule has 0 fully saturated rings. The highest BCUT2D eigenvalue weighted by Gasteiger charge is 2.22. The Balaban J connectivity index is 3.67. The molecule has 0 aliphatic rings. The lowest BCUT2D eigenvalue weighted by atomic mass is 10.0. The molecule has 4 N–H and O–H groups in total. The van der Waals surface area contributed by atoms with Gasteiger partial charge in [-0.2, -0.15) is 0 Å². The van der Waals surface area contributed by atoms with E-state index in [2.05, 4.69) is 43.5 Å². The zero-order valence-electron chi connectivity index (χ0n) is 30.5. The van der Waals surface area contributed by atoms with Crippen LogP contribution in [0.4, 0.5) is 0 Å². The second-order valence-electron chi connectivity index (χ2n) is 13.5. The number of unbranched alkanes of at least 4 members (excludes halogenated alkanes) is 23. The maximum Gasteiger partial charge on any atom is 0.249 e. The topological polar surface area (TPSA) is 89.8 Å². The van der Waals surface area contributed by atoms with Gasteiger partial charge in [0.05, 0.1) is 18.8 Å². The number of amides is 1. The summed E-state index contributed by atoms with van der Waals surface area (Å²) in [6, 6.07) is -0.816. The molecule has 0 spiro atoms. The van der Waals surface area contributed by atoms with Crippen molar-refractivity contribution in [1.29, 1.82) is 0 Å². The Kier molecular flexibility index (Phi) is 35.3. The Bertz CT molecular complexity index is 719. The van der Waals surface area contributed by atoms with Gasteiger partial charge in [-0.25, -0.2) is 0 Å². The molecule has 0 radical (unpaired) electrons. The highest BCUT2D eigenvalue weighted by atomic mass is 16.3. The number of hydrogen-bond donors (Lipinski definition) is 4. The van der Waals surface area contributed by atoms with Crippen LogP contribution in [0.3, 0.4) is 0 Å². The Morgan fingerprint density at radius 2 is 0.891 bits per heavy atom. The molecule has 5 heteroatoms. The third-order valence-electron chi connectivity index (χ3n) is 8.94. The van der Waals surface area contributed by atoms with Gasteiger partial charge in [0, 0.05) is 0 Å². The van der Waals surface area contributed by atoms with Gasteiger partial charge < -0.3 is 20.6 Å². The summed E-state index contributed by atoms with van der Waals surface area (Å²) in [5, 5.41) is 32.9. The SMILES string of the molecule is CCC/C=C/CC/C=C/CC/C=C/C(O)C(CO)NC(=O)C(O)CCCCCCCCCCCCCCCCCCCCCCC. The van der Waals surface area contributed by atoms with Crippen LogP contribution in [0, 0.1) is 0 Å². The quantitative estimate of drug-likeness (QED) is 0.0407. The third-order valence-corrected chi connectivity index (χ3v) is 8.94. The zero-order chi connectivity index (χ0) is 33.8. The van der Waals surface area contributed by atoms with Crippen molar-refractivity contribution in [3.8, 4) is 0 Å². The first kappa shape index (κ1) is 44.6. The Labute approximate surface area is 285 Å². The van der Waals surface area contributed by atoms with Gasteiger partial charge in [-0.05, 0) is 38.5 Å². The van der Waals surface area contributed by atoms with Crippen LogP contribution in [0.1, 0.15) is 194 Å². The van der Waals surface area contributed by atoms with Crippen molar-refractivity contribution in [2.75, 3.05) is 6.61 Å². The van der Waals surface area contributed by atoms with Gasteiger partial charge in [0.1, 0.15) is 6.10 Å². The summed E-state index contributed by atoms with van der Waals surface area (Å²) < 4.78 is 0. The van der Waals surface area contributed by atoms with Crippen molar-refractivity contribution in [2.24, 2.45) is 0 Å². The molecule has 0 saturated heterocycles. The summed E-state index contributed by atoms with van der Waals surface area (Å²) in [6.07, 6.45) is 44.6. The predicted octanol–water partition coefficient (Wildman–Crippen LogP) is 10.8. The fourth-order valence-corrected chi connectivity index (χ4v) is 5.81. The minimum absolute atomic E-state index is 0.380. The van der Waals surface area contributed by atoms with Crippen molar-refractivity contribution < 1.29 is 20.1 Å². The molecule has 0 heterocycles. The molecule has 5 nitrogen and oxygen atoms in total. The second kappa shape index (κ2) is 36.4. The Hall–Kier alpha value is -1.43. The van der Waals surface area contributed by atoms with E-state index in [4.69, 9.17) is 0 Å². The number of carbonyl (C=O) groups excluding carboxylic acids is 1. The molecule has 46 heavy (non-hydrogen) atoms. The van der Waals surface area contributed by atoms with Crippen LogP contribution in [-0.4, -0.2) is 46.1 Å². The van der Waals surface area contributed by atoms with Crippen LogP contribution >= 0.6 is 0 Å².